The molecule has 5 nitrogen and oxygen atoms in total. The Morgan fingerprint density at radius 2 is 1.36 bits per heavy atom. The molecule has 1 aliphatic rings. The predicted molar refractivity (Wildman–Crippen MR) is 135 cm³/mol. The molecule has 5 heteroatoms. The van der Waals surface area contributed by atoms with Gasteiger partial charge in [-0.1, -0.05) is 78.9 Å². The monoisotopic (exact) mass is 436 g/mol. The van der Waals surface area contributed by atoms with E-state index in [1.807, 2.05) is 30.3 Å². The van der Waals surface area contributed by atoms with E-state index < -0.39 is 0 Å². The molecule has 5 rings (SSSR count). The molecule has 0 bridgehead atoms. The van der Waals surface area contributed by atoms with E-state index in [-0.39, 0.29) is 5.91 Å². The fourth-order valence-corrected chi connectivity index (χ4v) is 4.54. The first-order chi connectivity index (χ1) is 16.3. The van der Waals surface area contributed by atoms with Crippen LogP contribution in [-0.2, 0) is 11.3 Å². The van der Waals surface area contributed by atoms with Crippen LogP contribution in [0.5, 0.6) is 0 Å². The van der Waals surface area contributed by atoms with E-state index in [1.54, 1.807) is 6.21 Å². The number of carbonyl (C=O) groups is 1. The third-order valence-electron chi connectivity index (χ3n) is 6.28. The summed E-state index contributed by atoms with van der Waals surface area (Å²) in [7, 11) is 0. The zero-order valence-electron chi connectivity index (χ0n) is 18.7. The fraction of sp³-hybridized carbons (Fsp3) is 0.214. The predicted octanol–water partition coefficient (Wildman–Crippen LogP) is 4.26. The van der Waals surface area contributed by atoms with Crippen LogP contribution in [0.1, 0.15) is 11.1 Å². The number of fused-ring (bicyclic) bond motifs is 2. The van der Waals surface area contributed by atoms with Gasteiger partial charge in [0, 0.05) is 38.3 Å². The molecule has 1 aliphatic heterocycles. The van der Waals surface area contributed by atoms with Gasteiger partial charge in [-0.15, -0.1) is 0 Å². The molecule has 4 aromatic rings. The van der Waals surface area contributed by atoms with E-state index in [4.69, 9.17) is 0 Å². The third-order valence-corrected chi connectivity index (χ3v) is 6.28. The summed E-state index contributed by atoms with van der Waals surface area (Å²) in [6.07, 6.45) is 1.78. The number of benzene rings is 4. The van der Waals surface area contributed by atoms with Crippen molar-refractivity contribution in [2.45, 2.75) is 6.54 Å². The number of carbonyl (C=O) groups excluding carboxylic acids is 1. The van der Waals surface area contributed by atoms with Gasteiger partial charge in [-0.2, -0.15) is 5.10 Å². The Hall–Kier alpha value is -3.54. The van der Waals surface area contributed by atoms with Crippen LogP contribution in [0.15, 0.2) is 90.0 Å². The zero-order chi connectivity index (χ0) is 22.5. The van der Waals surface area contributed by atoms with E-state index in [2.05, 4.69) is 74.9 Å². The van der Waals surface area contributed by atoms with Gasteiger partial charge >= 0.3 is 0 Å². The Morgan fingerprint density at radius 3 is 2.03 bits per heavy atom. The molecule has 0 spiro atoms. The average molecular weight is 437 g/mol. The molecule has 1 fully saturated rings. The van der Waals surface area contributed by atoms with E-state index in [9.17, 15) is 4.79 Å². The Bertz CT molecular complexity index is 1220. The van der Waals surface area contributed by atoms with Gasteiger partial charge in [0.05, 0.1) is 12.8 Å². The maximum Gasteiger partial charge on any atom is 0.254 e. The SMILES string of the molecule is O=C(CN1CCN(Cc2ccccc2)CC1)N/N=C\c1c2ccccc2cc2ccccc12. The van der Waals surface area contributed by atoms with Crippen LogP contribution in [0.3, 0.4) is 0 Å². The van der Waals surface area contributed by atoms with Crippen LogP contribution in [0.25, 0.3) is 21.5 Å². The molecule has 0 radical (unpaired) electrons. The zero-order valence-corrected chi connectivity index (χ0v) is 18.7. The molecule has 1 heterocycles. The Balaban J connectivity index is 1.19. The van der Waals surface area contributed by atoms with Crippen molar-refractivity contribution >= 4 is 33.7 Å². The summed E-state index contributed by atoms with van der Waals surface area (Å²) in [5, 5.41) is 8.90. The van der Waals surface area contributed by atoms with Crippen molar-refractivity contribution < 1.29 is 4.79 Å². The minimum absolute atomic E-state index is 0.0766. The van der Waals surface area contributed by atoms with Crippen LogP contribution in [0.2, 0.25) is 0 Å². The lowest BCUT2D eigenvalue weighted by atomic mass is 9.97. The van der Waals surface area contributed by atoms with Gasteiger partial charge in [-0.25, -0.2) is 5.43 Å². The minimum atomic E-state index is -0.0766. The molecule has 166 valence electrons. The van der Waals surface area contributed by atoms with Crippen LogP contribution in [0, 0.1) is 0 Å². The number of hydrazone groups is 1. The normalized spacial score (nSPS) is 15.4. The molecular formula is C28H28N4O. The first-order valence-corrected chi connectivity index (χ1v) is 11.5. The van der Waals surface area contributed by atoms with Crippen molar-refractivity contribution in [3.8, 4) is 0 Å². The molecule has 0 atom stereocenters. The first kappa shape index (κ1) is 21.3. The summed E-state index contributed by atoms with van der Waals surface area (Å²) in [5.74, 6) is -0.0766. The summed E-state index contributed by atoms with van der Waals surface area (Å²) in [5.41, 5.74) is 5.09. The number of rotatable bonds is 6. The smallest absolute Gasteiger partial charge is 0.254 e. The van der Waals surface area contributed by atoms with Crippen LogP contribution < -0.4 is 5.43 Å². The summed E-state index contributed by atoms with van der Waals surface area (Å²) in [4.78, 5) is 17.2. The highest BCUT2D eigenvalue weighted by atomic mass is 16.2. The number of amides is 1. The van der Waals surface area contributed by atoms with Crippen molar-refractivity contribution in [1.29, 1.82) is 0 Å². The van der Waals surface area contributed by atoms with E-state index in [0.717, 1.165) is 59.8 Å². The van der Waals surface area contributed by atoms with E-state index in [1.165, 1.54) is 5.56 Å². The van der Waals surface area contributed by atoms with Crippen LogP contribution >= 0.6 is 0 Å². The van der Waals surface area contributed by atoms with Crippen molar-refractivity contribution in [2.75, 3.05) is 32.7 Å². The molecule has 0 saturated carbocycles. The Labute approximate surface area is 194 Å². The quantitative estimate of drug-likeness (QED) is 0.279. The summed E-state index contributed by atoms with van der Waals surface area (Å²) >= 11 is 0. The topological polar surface area (TPSA) is 47.9 Å². The molecule has 1 saturated heterocycles. The Morgan fingerprint density at radius 1 is 0.788 bits per heavy atom. The van der Waals surface area contributed by atoms with Gasteiger partial charge < -0.3 is 0 Å². The second-order valence-corrected chi connectivity index (χ2v) is 8.56. The number of nitrogens with zero attached hydrogens (tertiary/aromatic N) is 3. The maximum absolute atomic E-state index is 12.5. The van der Waals surface area contributed by atoms with E-state index >= 15 is 0 Å². The third kappa shape index (κ3) is 5.11. The van der Waals surface area contributed by atoms with Crippen LogP contribution in [-0.4, -0.2) is 54.6 Å². The van der Waals surface area contributed by atoms with Gasteiger partial charge in [0.15, 0.2) is 0 Å². The molecule has 1 N–H and O–H groups in total. The van der Waals surface area contributed by atoms with Gasteiger partial charge in [0.1, 0.15) is 0 Å². The Kier molecular flexibility index (Phi) is 6.42. The lowest BCUT2D eigenvalue weighted by Gasteiger charge is -2.34. The highest BCUT2D eigenvalue weighted by Gasteiger charge is 2.18. The van der Waals surface area contributed by atoms with E-state index in [0.29, 0.717) is 6.54 Å². The van der Waals surface area contributed by atoms with Crippen molar-refractivity contribution in [3.05, 3.63) is 96.1 Å². The van der Waals surface area contributed by atoms with Crippen LogP contribution in [0.4, 0.5) is 0 Å². The van der Waals surface area contributed by atoms with Gasteiger partial charge in [0.2, 0.25) is 0 Å². The van der Waals surface area contributed by atoms with Gasteiger partial charge in [0.25, 0.3) is 5.91 Å². The minimum Gasteiger partial charge on any atom is -0.297 e. The van der Waals surface area contributed by atoms with Crippen molar-refractivity contribution in [1.82, 2.24) is 15.2 Å². The first-order valence-electron chi connectivity index (χ1n) is 11.5. The lowest BCUT2D eigenvalue weighted by Crippen LogP contribution is -2.48. The highest BCUT2D eigenvalue weighted by Crippen LogP contribution is 2.27. The summed E-state index contributed by atoms with van der Waals surface area (Å²) in [6.45, 7) is 5.04. The highest BCUT2D eigenvalue weighted by molar-refractivity contribution is 6.13. The number of nitrogens with one attached hydrogen (secondary N) is 1. The summed E-state index contributed by atoms with van der Waals surface area (Å²) in [6, 6.07) is 29.3. The molecule has 1 amide bonds. The molecule has 33 heavy (non-hydrogen) atoms. The summed E-state index contributed by atoms with van der Waals surface area (Å²) < 4.78 is 0. The molecule has 0 aromatic heterocycles. The standard InChI is InChI=1S/C28H28N4O/c33-28(21-32-16-14-31(15-17-32)20-22-8-2-1-3-9-22)30-29-19-27-25-12-6-4-10-23(25)18-24-11-5-7-13-26(24)27/h1-13,18-19H,14-17,20-21H2,(H,30,33)/b29-19-. The molecular weight excluding hydrogens is 408 g/mol. The molecule has 4 aromatic carbocycles. The van der Waals surface area contributed by atoms with Gasteiger partial charge in [-0.05, 0) is 33.2 Å². The van der Waals surface area contributed by atoms with Crippen molar-refractivity contribution in [3.63, 3.8) is 0 Å². The maximum atomic E-state index is 12.5. The second-order valence-electron chi connectivity index (χ2n) is 8.56. The second kappa shape index (κ2) is 9.94. The molecule has 0 aliphatic carbocycles. The van der Waals surface area contributed by atoms with Crippen molar-refractivity contribution in [2.24, 2.45) is 5.10 Å². The number of piperazine rings is 1. The molecule has 0 unspecified atom stereocenters. The van der Waals surface area contributed by atoms with Gasteiger partial charge in [-0.3, -0.25) is 14.6 Å². The largest absolute Gasteiger partial charge is 0.297 e. The number of hydrogen-bond acceptors (Lipinski definition) is 4. The average Bonchev–Trinajstić information content (AvgIpc) is 2.85. The lowest BCUT2D eigenvalue weighted by molar-refractivity contribution is -0.122. The number of hydrogen-bond donors (Lipinski definition) is 1. The fourth-order valence-electron chi connectivity index (χ4n) is 4.54.